The number of methoxy groups -OCH3 is 1. The van der Waals surface area contributed by atoms with Gasteiger partial charge in [0.05, 0.1) is 17.7 Å². The largest absolute Gasteiger partial charge is 0.465 e. The zero-order valence-electron chi connectivity index (χ0n) is 7.76. The number of ether oxygens (including phenoxy) is 1. The lowest BCUT2D eigenvalue weighted by Gasteiger charge is -2.05. The van der Waals surface area contributed by atoms with Gasteiger partial charge >= 0.3 is 5.97 Å². The molecule has 1 N–H and O–H groups in total. The molecule has 1 heterocycles. The first-order chi connectivity index (χ1) is 6.72. The van der Waals surface area contributed by atoms with Crippen LogP contribution in [-0.4, -0.2) is 19.6 Å². The quantitative estimate of drug-likeness (QED) is 0.723. The number of esters is 1. The zero-order valence-corrected chi connectivity index (χ0v) is 8.52. The molecular formula is C10H10ClNO2. The number of nitrogens with one attached hydrogen (secondary N) is 1. The van der Waals surface area contributed by atoms with E-state index in [9.17, 15) is 4.79 Å². The molecule has 0 aromatic heterocycles. The summed E-state index contributed by atoms with van der Waals surface area (Å²) in [6.07, 6.45) is 0.927. The Hall–Kier alpha value is -1.22. The van der Waals surface area contributed by atoms with Crippen LogP contribution in [0.25, 0.3) is 0 Å². The first-order valence-corrected chi connectivity index (χ1v) is 4.75. The second-order valence-electron chi connectivity index (χ2n) is 3.16. The number of anilines is 1. The summed E-state index contributed by atoms with van der Waals surface area (Å²) < 4.78 is 4.63. The van der Waals surface area contributed by atoms with Crippen molar-refractivity contribution >= 4 is 23.3 Å². The molecule has 0 aliphatic carbocycles. The molecule has 2 rings (SSSR count). The van der Waals surface area contributed by atoms with Gasteiger partial charge in [-0.25, -0.2) is 4.79 Å². The standard InChI is InChI=1S/C10H10ClNO2/c1-14-10(13)7-4-6-2-3-12-9(6)5-8(7)11/h4-5,12H,2-3H2,1H3. The molecule has 1 aromatic carbocycles. The minimum absolute atomic E-state index is 0.385. The van der Waals surface area contributed by atoms with Crippen LogP contribution in [0, 0.1) is 0 Å². The lowest BCUT2D eigenvalue weighted by Crippen LogP contribution is -2.02. The minimum atomic E-state index is -0.385. The van der Waals surface area contributed by atoms with Crippen molar-refractivity contribution in [2.45, 2.75) is 6.42 Å². The molecule has 0 saturated heterocycles. The zero-order chi connectivity index (χ0) is 10.1. The smallest absolute Gasteiger partial charge is 0.339 e. The SMILES string of the molecule is COC(=O)c1cc2c(cc1Cl)NCC2. The van der Waals surface area contributed by atoms with Crippen LogP contribution in [0.15, 0.2) is 12.1 Å². The first kappa shape index (κ1) is 9.34. The van der Waals surface area contributed by atoms with Gasteiger partial charge in [0.15, 0.2) is 0 Å². The molecule has 1 aliphatic heterocycles. The van der Waals surface area contributed by atoms with Crippen molar-refractivity contribution in [2.24, 2.45) is 0 Å². The summed E-state index contributed by atoms with van der Waals surface area (Å²) >= 11 is 5.94. The van der Waals surface area contributed by atoms with Crippen LogP contribution in [0.1, 0.15) is 15.9 Å². The monoisotopic (exact) mass is 211 g/mol. The second kappa shape index (κ2) is 3.50. The van der Waals surface area contributed by atoms with E-state index in [1.807, 2.05) is 0 Å². The number of carbonyl (C=O) groups excluding carboxylic acids is 1. The van der Waals surface area contributed by atoms with E-state index in [0.717, 1.165) is 24.2 Å². The van der Waals surface area contributed by atoms with Gasteiger partial charge in [-0.15, -0.1) is 0 Å². The molecule has 0 unspecified atom stereocenters. The van der Waals surface area contributed by atoms with Crippen molar-refractivity contribution in [3.05, 3.63) is 28.3 Å². The number of rotatable bonds is 1. The van der Waals surface area contributed by atoms with Crippen molar-refractivity contribution in [3.63, 3.8) is 0 Å². The maximum absolute atomic E-state index is 11.3. The highest BCUT2D eigenvalue weighted by molar-refractivity contribution is 6.34. The highest BCUT2D eigenvalue weighted by atomic mass is 35.5. The van der Waals surface area contributed by atoms with Gasteiger partial charge in [0.1, 0.15) is 0 Å². The van der Waals surface area contributed by atoms with E-state index in [4.69, 9.17) is 11.6 Å². The number of halogens is 1. The Morgan fingerprint density at radius 2 is 2.36 bits per heavy atom. The first-order valence-electron chi connectivity index (χ1n) is 4.37. The van der Waals surface area contributed by atoms with Gasteiger partial charge in [0.25, 0.3) is 0 Å². The van der Waals surface area contributed by atoms with Crippen LogP contribution in [-0.2, 0) is 11.2 Å². The van der Waals surface area contributed by atoms with Gasteiger partial charge < -0.3 is 10.1 Å². The Bertz CT molecular complexity index is 390. The van der Waals surface area contributed by atoms with E-state index in [1.165, 1.54) is 7.11 Å². The molecule has 1 aromatic rings. The summed E-state index contributed by atoms with van der Waals surface area (Å²) in [7, 11) is 1.35. The summed E-state index contributed by atoms with van der Waals surface area (Å²) in [6, 6.07) is 3.57. The molecule has 0 fully saturated rings. The normalized spacial score (nSPS) is 13.3. The number of hydrogen-bond donors (Lipinski definition) is 1. The third-order valence-electron chi connectivity index (χ3n) is 2.31. The predicted molar refractivity (Wildman–Crippen MR) is 55.0 cm³/mol. The molecule has 74 valence electrons. The molecule has 0 spiro atoms. The third-order valence-corrected chi connectivity index (χ3v) is 2.62. The number of fused-ring (bicyclic) bond motifs is 1. The van der Waals surface area contributed by atoms with Crippen LogP contribution >= 0.6 is 11.6 Å². The van der Waals surface area contributed by atoms with Gasteiger partial charge in [0, 0.05) is 12.2 Å². The third kappa shape index (κ3) is 1.44. The Morgan fingerprint density at radius 1 is 1.57 bits per heavy atom. The topological polar surface area (TPSA) is 38.3 Å². The fourth-order valence-electron chi connectivity index (χ4n) is 1.59. The van der Waals surface area contributed by atoms with Gasteiger partial charge in [-0.1, -0.05) is 11.6 Å². The Morgan fingerprint density at radius 3 is 3.07 bits per heavy atom. The van der Waals surface area contributed by atoms with Crippen molar-refractivity contribution in [3.8, 4) is 0 Å². The van der Waals surface area contributed by atoms with Crippen molar-refractivity contribution in [1.82, 2.24) is 0 Å². The molecule has 0 atom stereocenters. The molecule has 1 aliphatic rings. The Balaban J connectivity index is 2.47. The van der Waals surface area contributed by atoms with E-state index < -0.39 is 0 Å². The lowest BCUT2D eigenvalue weighted by molar-refractivity contribution is 0.0601. The van der Waals surface area contributed by atoms with E-state index in [1.54, 1.807) is 12.1 Å². The van der Waals surface area contributed by atoms with Crippen LogP contribution in [0.5, 0.6) is 0 Å². The van der Waals surface area contributed by atoms with Gasteiger partial charge in [0.2, 0.25) is 0 Å². The van der Waals surface area contributed by atoms with Crippen molar-refractivity contribution in [1.29, 1.82) is 0 Å². The van der Waals surface area contributed by atoms with Crippen LogP contribution in [0.4, 0.5) is 5.69 Å². The Labute approximate surface area is 87.0 Å². The predicted octanol–water partition coefficient (Wildman–Crippen LogP) is 2.09. The maximum atomic E-state index is 11.3. The van der Waals surface area contributed by atoms with E-state index in [2.05, 4.69) is 10.1 Å². The van der Waals surface area contributed by atoms with Crippen molar-refractivity contribution < 1.29 is 9.53 Å². The van der Waals surface area contributed by atoms with Crippen LogP contribution in [0.3, 0.4) is 0 Å². The minimum Gasteiger partial charge on any atom is -0.465 e. The number of benzene rings is 1. The average Bonchev–Trinajstić information content (AvgIpc) is 2.62. The van der Waals surface area contributed by atoms with Gasteiger partial charge in [-0.2, -0.15) is 0 Å². The molecule has 0 radical (unpaired) electrons. The molecule has 4 heteroatoms. The van der Waals surface area contributed by atoms with Crippen LogP contribution < -0.4 is 5.32 Å². The molecule has 0 saturated carbocycles. The molecule has 3 nitrogen and oxygen atoms in total. The number of hydrogen-bond acceptors (Lipinski definition) is 3. The molecule has 0 amide bonds. The summed E-state index contributed by atoms with van der Waals surface area (Å²) in [4.78, 5) is 11.3. The summed E-state index contributed by atoms with van der Waals surface area (Å²) in [5.74, 6) is -0.385. The van der Waals surface area contributed by atoms with E-state index in [0.29, 0.717) is 10.6 Å². The fraction of sp³-hybridized carbons (Fsp3) is 0.300. The second-order valence-corrected chi connectivity index (χ2v) is 3.56. The average molecular weight is 212 g/mol. The summed E-state index contributed by atoms with van der Waals surface area (Å²) in [5.41, 5.74) is 2.58. The highest BCUT2D eigenvalue weighted by Crippen LogP contribution is 2.29. The van der Waals surface area contributed by atoms with Gasteiger partial charge in [-0.05, 0) is 24.1 Å². The number of carbonyl (C=O) groups is 1. The van der Waals surface area contributed by atoms with Crippen LogP contribution in [0.2, 0.25) is 5.02 Å². The summed E-state index contributed by atoms with van der Waals surface area (Å²) in [5, 5.41) is 3.62. The Kier molecular flexibility index (Phi) is 2.33. The summed E-state index contributed by atoms with van der Waals surface area (Å²) in [6.45, 7) is 0.899. The maximum Gasteiger partial charge on any atom is 0.339 e. The van der Waals surface area contributed by atoms with E-state index >= 15 is 0 Å². The van der Waals surface area contributed by atoms with Crippen molar-refractivity contribution in [2.75, 3.05) is 19.0 Å². The lowest BCUT2D eigenvalue weighted by atomic mass is 10.1. The van der Waals surface area contributed by atoms with Gasteiger partial charge in [-0.3, -0.25) is 0 Å². The highest BCUT2D eigenvalue weighted by Gasteiger charge is 2.17. The van der Waals surface area contributed by atoms with E-state index in [-0.39, 0.29) is 5.97 Å². The fourth-order valence-corrected chi connectivity index (χ4v) is 1.83. The molecule has 0 bridgehead atoms. The molecular weight excluding hydrogens is 202 g/mol. The molecule has 14 heavy (non-hydrogen) atoms.